The highest BCUT2D eigenvalue weighted by molar-refractivity contribution is 5.63. The van der Waals surface area contributed by atoms with Gasteiger partial charge in [-0.1, -0.05) is 67.9 Å². The van der Waals surface area contributed by atoms with Crippen LogP contribution in [0.15, 0.2) is 48.5 Å². The third-order valence-electron chi connectivity index (χ3n) is 4.17. The molecule has 0 aliphatic heterocycles. The van der Waals surface area contributed by atoms with Gasteiger partial charge in [0.05, 0.1) is 0 Å². The lowest BCUT2D eigenvalue weighted by Crippen LogP contribution is -2.31. The van der Waals surface area contributed by atoms with Crippen molar-refractivity contribution in [1.29, 1.82) is 0 Å². The fourth-order valence-corrected chi connectivity index (χ4v) is 2.57. The summed E-state index contributed by atoms with van der Waals surface area (Å²) in [5.41, 5.74) is 5.21. The van der Waals surface area contributed by atoms with Crippen LogP contribution in [-0.4, -0.2) is 31.1 Å². The van der Waals surface area contributed by atoms with Gasteiger partial charge in [0, 0.05) is 19.6 Å². The molecule has 0 radical (unpaired) electrons. The maximum atomic E-state index is 3.53. The summed E-state index contributed by atoms with van der Waals surface area (Å²) in [6, 6.07) is 17.6. The van der Waals surface area contributed by atoms with Crippen molar-refractivity contribution in [2.45, 2.75) is 27.3 Å². The van der Waals surface area contributed by atoms with Crippen LogP contribution in [0.3, 0.4) is 0 Å². The Hall–Kier alpha value is -1.64. The third kappa shape index (κ3) is 4.97. The number of likely N-dealkylation sites (N-methyl/N-ethyl adjacent to an activating group) is 1. The van der Waals surface area contributed by atoms with Crippen LogP contribution < -0.4 is 5.32 Å². The molecule has 1 N–H and O–H groups in total. The number of aryl methyl sites for hydroxylation is 1. The van der Waals surface area contributed by atoms with Gasteiger partial charge in [0.25, 0.3) is 0 Å². The summed E-state index contributed by atoms with van der Waals surface area (Å²) >= 11 is 0. The van der Waals surface area contributed by atoms with E-state index in [9.17, 15) is 0 Å². The van der Waals surface area contributed by atoms with E-state index in [0.717, 1.165) is 32.7 Å². The first-order valence-electron chi connectivity index (χ1n) is 8.32. The fraction of sp³-hybridized carbons (Fsp3) is 0.400. The molecule has 0 aliphatic carbocycles. The lowest BCUT2D eigenvalue weighted by Gasteiger charge is -2.18. The molecule has 118 valence electrons. The Bertz CT molecular complexity index is 539. The number of benzene rings is 2. The highest BCUT2D eigenvalue weighted by atomic mass is 15.1. The minimum Gasteiger partial charge on any atom is -0.311 e. The van der Waals surface area contributed by atoms with Crippen molar-refractivity contribution < 1.29 is 0 Å². The summed E-state index contributed by atoms with van der Waals surface area (Å²) in [4.78, 5) is 2.44. The average Bonchev–Trinajstić information content (AvgIpc) is 2.56. The molecule has 0 bridgehead atoms. The normalized spacial score (nSPS) is 11.1. The zero-order valence-corrected chi connectivity index (χ0v) is 14.1. The standard InChI is InChI=1S/C20H28N2/c1-4-22(5-2)15-14-21-16-18-8-12-20(13-9-18)19-10-6-17(3)7-11-19/h6-13,21H,4-5,14-16H2,1-3H3. The van der Waals surface area contributed by atoms with Gasteiger partial charge >= 0.3 is 0 Å². The Balaban J connectivity index is 1.83. The molecule has 0 unspecified atom stereocenters. The molecule has 0 spiro atoms. The molecule has 2 heteroatoms. The molecule has 2 aromatic carbocycles. The highest BCUT2D eigenvalue weighted by Gasteiger charge is 2.00. The smallest absolute Gasteiger partial charge is 0.0206 e. The predicted molar refractivity (Wildman–Crippen MR) is 96.1 cm³/mol. The Morgan fingerprint density at radius 2 is 1.36 bits per heavy atom. The molecular formula is C20H28N2. The van der Waals surface area contributed by atoms with Crippen LogP contribution in [0.1, 0.15) is 25.0 Å². The van der Waals surface area contributed by atoms with Crippen LogP contribution in [-0.2, 0) is 6.54 Å². The molecule has 2 rings (SSSR count). The molecular weight excluding hydrogens is 268 g/mol. The summed E-state index contributed by atoms with van der Waals surface area (Å²) < 4.78 is 0. The van der Waals surface area contributed by atoms with Crippen LogP contribution >= 0.6 is 0 Å². The summed E-state index contributed by atoms with van der Waals surface area (Å²) in [7, 11) is 0. The molecule has 22 heavy (non-hydrogen) atoms. The number of rotatable bonds is 8. The fourth-order valence-electron chi connectivity index (χ4n) is 2.57. The first-order chi connectivity index (χ1) is 10.7. The maximum Gasteiger partial charge on any atom is 0.0206 e. The van der Waals surface area contributed by atoms with Crippen LogP contribution in [0.2, 0.25) is 0 Å². The summed E-state index contributed by atoms with van der Waals surface area (Å²) in [6.07, 6.45) is 0. The van der Waals surface area contributed by atoms with Crippen molar-refractivity contribution in [3.05, 3.63) is 59.7 Å². The van der Waals surface area contributed by atoms with Crippen molar-refractivity contribution in [1.82, 2.24) is 10.2 Å². The Labute approximate surface area is 135 Å². The summed E-state index contributed by atoms with van der Waals surface area (Å²) in [5, 5.41) is 3.53. The van der Waals surface area contributed by atoms with E-state index in [1.807, 2.05) is 0 Å². The van der Waals surface area contributed by atoms with Gasteiger partial charge in [0.15, 0.2) is 0 Å². The third-order valence-corrected chi connectivity index (χ3v) is 4.17. The molecule has 0 atom stereocenters. The quantitative estimate of drug-likeness (QED) is 0.738. The molecule has 0 saturated carbocycles. The van der Waals surface area contributed by atoms with Crippen molar-refractivity contribution in [2.75, 3.05) is 26.2 Å². The van der Waals surface area contributed by atoms with Crippen LogP contribution in [0.5, 0.6) is 0 Å². The number of nitrogens with one attached hydrogen (secondary N) is 1. The zero-order valence-electron chi connectivity index (χ0n) is 14.1. The zero-order chi connectivity index (χ0) is 15.8. The first kappa shape index (κ1) is 16.7. The minimum atomic E-state index is 0.940. The summed E-state index contributed by atoms with van der Waals surface area (Å²) in [6.45, 7) is 11.9. The lowest BCUT2D eigenvalue weighted by atomic mass is 10.0. The van der Waals surface area contributed by atoms with Gasteiger partial charge in [-0.2, -0.15) is 0 Å². The lowest BCUT2D eigenvalue weighted by molar-refractivity contribution is 0.302. The topological polar surface area (TPSA) is 15.3 Å². The number of nitrogens with zero attached hydrogens (tertiary/aromatic N) is 1. The number of hydrogen-bond donors (Lipinski definition) is 1. The van der Waals surface area contributed by atoms with E-state index < -0.39 is 0 Å². The second-order valence-corrected chi connectivity index (χ2v) is 5.77. The van der Waals surface area contributed by atoms with E-state index >= 15 is 0 Å². The van der Waals surface area contributed by atoms with E-state index in [0.29, 0.717) is 0 Å². The molecule has 2 aromatic rings. The van der Waals surface area contributed by atoms with Crippen molar-refractivity contribution in [3.8, 4) is 11.1 Å². The molecule has 0 amide bonds. The van der Waals surface area contributed by atoms with Crippen LogP contribution in [0.4, 0.5) is 0 Å². The SMILES string of the molecule is CCN(CC)CCNCc1ccc(-c2ccc(C)cc2)cc1. The number of hydrogen-bond acceptors (Lipinski definition) is 2. The second-order valence-electron chi connectivity index (χ2n) is 5.77. The first-order valence-corrected chi connectivity index (χ1v) is 8.32. The van der Waals surface area contributed by atoms with Gasteiger partial charge in [-0.25, -0.2) is 0 Å². The van der Waals surface area contributed by atoms with Gasteiger partial charge in [-0.05, 0) is 36.7 Å². The molecule has 2 nitrogen and oxygen atoms in total. The maximum absolute atomic E-state index is 3.53. The Morgan fingerprint density at radius 1 is 0.818 bits per heavy atom. The summed E-state index contributed by atoms with van der Waals surface area (Å²) in [5.74, 6) is 0. The van der Waals surface area contributed by atoms with E-state index in [1.165, 1.54) is 22.3 Å². The molecule has 0 aliphatic rings. The van der Waals surface area contributed by atoms with Crippen molar-refractivity contribution in [3.63, 3.8) is 0 Å². The van der Waals surface area contributed by atoms with E-state index in [1.54, 1.807) is 0 Å². The van der Waals surface area contributed by atoms with Gasteiger partial charge in [0.1, 0.15) is 0 Å². The molecule has 0 heterocycles. The Morgan fingerprint density at radius 3 is 1.91 bits per heavy atom. The van der Waals surface area contributed by atoms with Gasteiger partial charge in [0.2, 0.25) is 0 Å². The Kier molecular flexibility index (Phi) is 6.63. The molecule has 0 saturated heterocycles. The predicted octanol–water partition coefficient (Wildman–Crippen LogP) is 4.09. The largest absolute Gasteiger partial charge is 0.311 e. The minimum absolute atomic E-state index is 0.940. The average molecular weight is 296 g/mol. The van der Waals surface area contributed by atoms with Gasteiger partial charge in [-0.15, -0.1) is 0 Å². The van der Waals surface area contributed by atoms with E-state index in [-0.39, 0.29) is 0 Å². The molecule has 0 fully saturated rings. The second kappa shape index (κ2) is 8.72. The van der Waals surface area contributed by atoms with Crippen LogP contribution in [0, 0.1) is 6.92 Å². The van der Waals surface area contributed by atoms with Gasteiger partial charge in [-0.3, -0.25) is 0 Å². The van der Waals surface area contributed by atoms with Gasteiger partial charge < -0.3 is 10.2 Å². The van der Waals surface area contributed by atoms with E-state index in [4.69, 9.17) is 0 Å². The van der Waals surface area contributed by atoms with E-state index in [2.05, 4.69) is 79.5 Å². The van der Waals surface area contributed by atoms with Crippen molar-refractivity contribution >= 4 is 0 Å². The van der Waals surface area contributed by atoms with Crippen LogP contribution in [0.25, 0.3) is 11.1 Å². The molecule has 0 aromatic heterocycles. The monoisotopic (exact) mass is 296 g/mol. The highest BCUT2D eigenvalue weighted by Crippen LogP contribution is 2.20. The van der Waals surface area contributed by atoms with Crippen molar-refractivity contribution in [2.24, 2.45) is 0 Å².